The summed E-state index contributed by atoms with van der Waals surface area (Å²) in [6.45, 7) is 5.74. The summed E-state index contributed by atoms with van der Waals surface area (Å²) in [5, 5.41) is 5.55. The maximum Gasteiger partial charge on any atom is 0.316 e. The highest BCUT2D eigenvalue weighted by Gasteiger charge is 2.12. The van der Waals surface area contributed by atoms with Crippen LogP contribution in [0.5, 0.6) is 0 Å². The summed E-state index contributed by atoms with van der Waals surface area (Å²) in [4.78, 5) is 50.6. The van der Waals surface area contributed by atoms with Crippen LogP contribution in [-0.4, -0.2) is 21.4 Å². The van der Waals surface area contributed by atoms with Gasteiger partial charge in [-0.15, -0.1) is 0 Å². The zero-order chi connectivity index (χ0) is 21.1. The predicted octanol–water partition coefficient (Wildman–Crippen LogP) is 2.56. The molecule has 0 unspecified atom stereocenters. The number of carbonyl (C=O) groups excluding carboxylic acids is 2. The highest BCUT2D eigenvalue weighted by molar-refractivity contribution is 6.06. The van der Waals surface area contributed by atoms with Gasteiger partial charge < -0.3 is 20.2 Å². The molecule has 0 radical (unpaired) electrons. The molecule has 2 aromatic carbocycles. The first-order chi connectivity index (χ1) is 13.8. The number of amides is 2. The number of aryl methyl sites for hydroxylation is 1. The van der Waals surface area contributed by atoms with E-state index in [1.54, 1.807) is 57.2 Å². The minimum atomic E-state index is -0.726. The molecular formula is C21H22N4O4. The van der Waals surface area contributed by atoms with Crippen molar-refractivity contribution in [1.82, 2.24) is 9.55 Å². The third kappa shape index (κ3) is 4.26. The summed E-state index contributed by atoms with van der Waals surface area (Å²) >= 11 is 0. The maximum atomic E-state index is 12.6. The molecule has 2 amide bonds. The summed E-state index contributed by atoms with van der Waals surface area (Å²) < 4.78 is 1.36. The third-order valence-corrected chi connectivity index (χ3v) is 4.49. The lowest BCUT2D eigenvalue weighted by molar-refractivity contribution is -0.118. The fourth-order valence-corrected chi connectivity index (χ4v) is 2.86. The zero-order valence-electron chi connectivity index (χ0n) is 16.4. The van der Waals surface area contributed by atoms with Crippen molar-refractivity contribution in [2.75, 3.05) is 10.6 Å². The number of anilines is 2. The van der Waals surface area contributed by atoms with Crippen LogP contribution in [-0.2, 0) is 11.3 Å². The second kappa shape index (κ2) is 8.14. The van der Waals surface area contributed by atoms with E-state index in [2.05, 4.69) is 15.6 Å². The Bertz CT molecular complexity index is 1190. The first-order valence-electron chi connectivity index (χ1n) is 9.29. The molecule has 0 saturated heterocycles. The van der Waals surface area contributed by atoms with Gasteiger partial charge in [0.05, 0.1) is 11.0 Å². The van der Waals surface area contributed by atoms with Crippen LogP contribution in [0, 0.1) is 5.92 Å². The lowest BCUT2D eigenvalue weighted by atomic mass is 10.1. The Hall–Kier alpha value is -3.68. The second-order valence-electron chi connectivity index (χ2n) is 6.91. The second-order valence-corrected chi connectivity index (χ2v) is 6.91. The molecule has 0 aliphatic carbocycles. The van der Waals surface area contributed by atoms with E-state index in [-0.39, 0.29) is 17.7 Å². The van der Waals surface area contributed by atoms with Crippen molar-refractivity contribution in [3.63, 3.8) is 0 Å². The normalized spacial score (nSPS) is 10.9. The van der Waals surface area contributed by atoms with Gasteiger partial charge >= 0.3 is 11.1 Å². The molecule has 1 aromatic heterocycles. The summed E-state index contributed by atoms with van der Waals surface area (Å²) in [7, 11) is 0. The van der Waals surface area contributed by atoms with Crippen molar-refractivity contribution in [2.45, 2.75) is 27.3 Å². The Balaban J connectivity index is 1.81. The molecule has 1 heterocycles. The highest BCUT2D eigenvalue weighted by Crippen LogP contribution is 2.17. The van der Waals surface area contributed by atoms with Gasteiger partial charge in [0.1, 0.15) is 0 Å². The minimum Gasteiger partial charge on any atom is -0.326 e. The molecule has 0 fully saturated rings. The third-order valence-electron chi connectivity index (χ3n) is 4.49. The van der Waals surface area contributed by atoms with Crippen molar-refractivity contribution < 1.29 is 9.59 Å². The van der Waals surface area contributed by atoms with Crippen LogP contribution in [0.15, 0.2) is 52.1 Å². The topological polar surface area (TPSA) is 113 Å². The first kappa shape index (κ1) is 20.1. The van der Waals surface area contributed by atoms with Crippen LogP contribution < -0.4 is 21.8 Å². The summed E-state index contributed by atoms with van der Waals surface area (Å²) in [6.07, 6.45) is 0. The Morgan fingerprint density at radius 2 is 1.62 bits per heavy atom. The summed E-state index contributed by atoms with van der Waals surface area (Å²) in [5.74, 6) is -0.573. The van der Waals surface area contributed by atoms with E-state index in [4.69, 9.17) is 0 Å². The molecule has 0 saturated carbocycles. The number of hydrogen-bond donors (Lipinski definition) is 3. The smallest absolute Gasteiger partial charge is 0.316 e. The van der Waals surface area contributed by atoms with Gasteiger partial charge in [-0.1, -0.05) is 13.8 Å². The molecule has 8 heteroatoms. The van der Waals surface area contributed by atoms with Crippen molar-refractivity contribution in [2.24, 2.45) is 5.92 Å². The van der Waals surface area contributed by atoms with Crippen molar-refractivity contribution in [1.29, 1.82) is 0 Å². The zero-order valence-corrected chi connectivity index (χ0v) is 16.4. The SMILES string of the molecule is CCn1c(=O)c(=O)[nH]c2cc(C(=O)Nc3ccc(NC(=O)C(C)C)cc3)ccc21. The van der Waals surface area contributed by atoms with Crippen LogP contribution in [0.4, 0.5) is 11.4 Å². The molecule has 0 aliphatic rings. The number of rotatable bonds is 5. The number of aromatic nitrogens is 2. The molecule has 0 atom stereocenters. The van der Waals surface area contributed by atoms with Crippen LogP contribution in [0.2, 0.25) is 0 Å². The average molecular weight is 394 g/mol. The number of nitrogens with zero attached hydrogens (tertiary/aromatic N) is 1. The molecule has 3 aromatic rings. The average Bonchev–Trinajstić information content (AvgIpc) is 2.70. The number of nitrogens with one attached hydrogen (secondary N) is 3. The molecule has 0 aliphatic heterocycles. The predicted molar refractivity (Wildman–Crippen MR) is 112 cm³/mol. The number of fused-ring (bicyclic) bond motifs is 1. The number of H-pyrrole nitrogens is 1. The molecular weight excluding hydrogens is 372 g/mol. The van der Waals surface area contributed by atoms with Crippen LogP contribution >= 0.6 is 0 Å². The van der Waals surface area contributed by atoms with Gasteiger partial charge in [0.2, 0.25) is 5.91 Å². The van der Waals surface area contributed by atoms with Crippen LogP contribution in [0.3, 0.4) is 0 Å². The van der Waals surface area contributed by atoms with E-state index in [9.17, 15) is 19.2 Å². The van der Waals surface area contributed by atoms with E-state index in [0.717, 1.165) is 0 Å². The van der Waals surface area contributed by atoms with Gasteiger partial charge in [-0.25, -0.2) is 0 Å². The van der Waals surface area contributed by atoms with Gasteiger partial charge in [-0.3, -0.25) is 19.2 Å². The quantitative estimate of drug-likeness (QED) is 0.577. The Labute approximate surface area is 166 Å². The van der Waals surface area contributed by atoms with Gasteiger partial charge in [-0.05, 0) is 49.4 Å². The fraction of sp³-hybridized carbons (Fsp3) is 0.238. The lowest BCUT2D eigenvalue weighted by Gasteiger charge is -2.10. The number of benzene rings is 2. The van der Waals surface area contributed by atoms with E-state index in [1.807, 2.05) is 0 Å². The lowest BCUT2D eigenvalue weighted by Crippen LogP contribution is -2.36. The Morgan fingerprint density at radius 1 is 1.00 bits per heavy atom. The van der Waals surface area contributed by atoms with E-state index in [0.29, 0.717) is 34.5 Å². The largest absolute Gasteiger partial charge is 0.326 e. The molecule has 0 spiro atoms. The molecule has 3 N–H and O–H groups in total. The highest BCUT2D eigenvalue weighted by atomic mass is 16.2. The Morgan fingerprint density at radius 3 is 2.21 bits per heavy atom. The van der Waals surface area contributed by atoms with Gasteiger partial charge in [-0.2, -0.15) is 0 Å². The first-order valence-corrected chi connectivity index (χ1v) is 9.29. The van der Waals surface area contributed by atoms with Crippen molar-refractivity contribution >= 4 is 34.2 Å². The number of carbonyl (C=O) groups is 2. The summed E-state index contributed by atoms with van der Waals surface area (Å²) in [5.41, 5.74) is 1.16. The van der Waals surface area contributed by atoms with E-state index < -0.39 is 11.1 Å². The molecule has 8 nitrogen and oxygen atoms in total. The maximum absolute atomic E-state index is 12.6. The molecule has 0 bridgehead atoms. The summed E-state index contributed by atoms with van der Waals surface area (Å²) in [6, 6.07) is 11.5. The number of aromatic amines is 1. The van der Waals surface area contributed by atoms with E-state index >= 15 is 0 Å². The molecule has 3 rings (SSSR count). The monoisotopic (exact) mass is 394 g/mol. The molecule has 150 valence electrons. The molecule has 29 heavy (non-hydrogen) atoms. The van der Waals surface area contributed by atoms with Gasteiger partial charge in [0.15, 0.2) is 0 Å². The minimum absolute atomic E-state index is 0.0857. The number of hydrogen-bond acceptors (Lipinski definition) is 4. The standard InChI is InChI=1S/C21H22N4O4/c1-4-25-17-10-5-13(11-16(17)24-20(28)21(25)29)19(27)23-15-8-6-14(7-9-15)22-18(26)12(2)3/h5-12H,4H2,1-3H3,(H,22,26)(H,23,27)(H,24,28). The fourth-order valence-electron chi connectivity index (χ4n) is 2.86. The Kier molecular flexibility index (Phi) is 5.63. The van der Waals surface area contributed by atoms with E-state index in [1.165, 1.54) is 10.6 Å². The van der Waals surface area contributed by atoms with Gasteiger partial charge in [0.25, 0.3) is 5.91 Å². The van der Waals surface area contributed by atoms with Crippen molar-refractivity contribution in [3.8, 4) is 0 Å². The van der Waals surface area contributed by atoms with Gasteiger partial charge in [0, 0.05) is 29.4 Å². The van der Waals surface area contributed by atoms with Crippen LogP contribution in [0.1, 0.15) is 31.1 Å². The van der Waals surface area contributed by atoms with Crippen LogP contribution in [0.25, 0.3) is 11.0 Å². The van der Waals surface area contributed by atoms with Crippen molar-refractivity contribution in [3.05, 3.63) is 68.7 Å².